The van der Waals surface area contributed by atoms with Crippen LogP contribution in [0.3, 0.4) is 0 Å². The molecule has 0 bridgehead atoms. The number of methoxy groups -OCH3 is 1. The minimum Gasteiger partial charge on any atom is -0.467 e. The summed E-state index contributed by atoms with van der Waals surface area (Å²) in [5.74, 6) is -1.22. The zero-order valence-electron chi connectivity index (χ0n) is 10.7. The monoisotopic (exact) mass is 298 g/mol. The van der Waals surface area contributed by atoms with Crippen molar-refractivity contribution in [2.24, 2.45) is 0 Å². The Labute approximate surface area is 116 Å². The molecule has 8 heteroatoms. The lowest BCUT2D eigenvalue weighted by atomic mass is 10.2. The number of esters is 1. The Hall–Kier alpha value is -1.95. The van der Waals surface area contributed by atoms with Gasteiger partial charge in [-0.15, -0.1) is 0 Å². The Morgan fingerprint density at radius 1 is 1.45 bits per heavy atom. The van der Waals surface area contributed by atoms with Crippen LogP contribution in [0.25, 0.3) is 0 Å². The highest BCUT2D eigenvalue weighted by Gasteiger charge is 2.19. The lowest BCUT2D eigenvalue weighted by molar-refractivity contribution is -0.149. The van der Waals surface area contributed by atoms with Crippen LogP contribution >= 0.6 is 0 Å². The standard InChI is InChI=1S/C12H14N2O5S/c1-19-12(16)11(15)7-14-20(17,18)8-10-4-2-9(6-13)3-5-10/h2-5,11,14-15H,7-8H2,1H3. The Balaban J connectivity index is 2.61. The van der Waals surface area contributed by atoms with Gasteiger partial charge in [-0.25, -0.2) is 17.9 Å². The van der Waals surface area contributed by atoms with Crippen molar-refractivity contribution < 1.29 is 23.1 Å². The van der Waals surface area contributed by atoms with E-state index in [0.29, 0.717) is 11.1 Å². The lowest BCUT2D eigenvalue weighted by Gasteiger charge is -2.10. The Bertz CT molecular complexity index is 604. The number of nitrogens with one attached hydrogen (secondary N) is 1. The van der Waals surface area contributed by atoms with Gasteiger partial charge in [-0.2, -0.15) is 5.26 Å². The maximum absolute atomic E-state index is 11.7. The van der Waals surface area contributed by atoms with Gasteiger partial charge in [-0.1, -0.05) is 12.1 Å². The quantitative estimate of drug-likeness (QED) is 0.685. The molecular formula is C12H14N2O5S. The van der Waals surface area contributed by atoms with Crippen LogP contribution in [-0.2, 0) is 25.3 Å². The van der Waals surface area contributed by atoms with Gasteiger partial charge in [0.15, 0.2) is 6.10 Å². The molecule has 1 aromatic carbocycles. The van der Waals surface area contributed by atoms with Crippen molar-refractivity contribution in [1.82, 2.24) is 4.72 Å². The number of nitrogens with zero attached hydrogens (tertiary/aromatic N) is 1. The largest absolute Gasteiger partial charge is 0.467 e. The fourth-order valence-corrected chi connectivity index (χ4v) is 2.52. The highest BCUT2D eigenvalue weighted by molar-refractivity contribution is 7.88. The number of rotatable bonds is 6. The zero-order chi connectivity index (χ0) is 15.2. The predicted octanol–water partition coefficient (Wildman–Crippen LogP) is -0.488. The molecule has 0 amide bonds. The molecule has 0 aliphatic carbocycles. The zero-order valence-corrected chi connectivity index (χ0v) is 11.6. The third-order valence-electron chi connectivity index (χ3n) is 2.41. The van der Waals surface area contributed by atoms with Gasteiger partial charge >= 0.3 is 5.97 Å². The van der Waals surface area contributed by atoms with Crippen molar-refractivity contribution in [3.05, 3.63) is 35.4 Å². The highest BCUT2D eigenvalue weighted by atomic mass is 32.2. The van der Waals surface area contributed by atoms with E-state index in [1.54, 1.807) is 0 Å². The van der Waals surface area contributed by atoms with Crippen molar-refractivity contribution in [3.8, 4) is 6.07 Å². The summed E-state index contributed by atoms with van der Waals surface area (Å²) in [5.41, 5.74) is 0.921. The number of hydrogen-bond donors (Lipinski definition) is 2. The molecule has 1 atom stereocenters. The first-order valence-electron chi connectivity index (χ1n) is 5.60. The van der Waals surface area contributed by atoms with E-state index in [-0.39, 0.29) is 5.75 Å². The normalized spacial score (nSPS) is 12.4. The van der Waals surface area contributed by atoms with Gasteiger partial charge in [-0.3, -0.25) is 0 Å². The number of carbonyl (C=O) groups is 1. The molecule has 0 saturated carbocycles. The Morgan fingerprint density at radius 2 is 2.05 bits per heavy atom. The van der Waals surface area contributed by atoms with Crippen molar-refractivity contribution in [1.29, 1.82) is 5.26 Å². The molecule has 7 nitrogen and oxygen atoms in total. The molecule has 108 valence electrons. The summed E-state index contributed by atoms with van der Waals surface area (Å²) in [4.78, 5) is 10.9. The van der Waals surface area contributed by atoms with Crippen molar-refractivity contribution in [2.45, 2.75) is 11.9 Å². The maximum atomic E-state index is 11.7. The molecule has 0 aliphatic rings. The van der Waals surface area contributed by atoms with Gasteiger partial charge in [0.1, 0.15) is 0 Å². The molecule has 2 N–H and O–H groups in total. The molecule has 0 aromatic heterocycles. The van der Waals surface area contributed by atoms with Crippen molar-refractivity contribution in [3.63, 3.8) is 0 Å². The molecule has 1 rings (SSSR count). The molecule has 1 unspecified atom stereocenters. The van der Waals surface area contributed by atoms with Crippen LogP contribution in [0.4, 0.5) is 0 Å². The van der Waals surface area contributed by atoms with E-state index in [4.69, 9.17) is 5.26 Å². The third-order valence-corrected chi connectivity index (χ3v) is 3.73. The molecule has 0 fully saturated rings. The second kappa shape index (κ2) is 7.00. The topological polar surface area (TPSA) is 116 Å². The fraction of sp³-hybridized carbons (Fsp3) is 0.333. The van der Waals surface area contributed by atoms with Gasteiger partial charge < -0.3 is 9.84 Å². The molecular weight excluding hydrogens is 284 g/mol. The maximum Gasteiger partial charge on any atom is 0.336 e. The summed E-state index contributed by atoms with van der Waals surface area (Å²) in [5, 5.41) is 17.9. The number of aliphatic hydroxyl groups excluding tert-OH is 1. The van der Waals surface area contributed by atoms with Crippen LogP contribution in [0, 0.1) is 11.3 Å². The van der Waals surface area contributed by atoms with Crippen molar-refractivity contribution >= 4 is 16.0 Å². The van der Waals surface area contributed by atoms with E-state index >= 15 is 0 Å². The second-order valence-corrected chi connectivity index (χ2v) is 5.76. The van der Waals surface area contributed by atoms with Gasteiger partial charge in [-0.05, 0) is 17.7 Å². The Kier molecular flexibility index (Phi) is 5.64. The Morgan fingerprint density at radius 3 is 2.55 bits per heavy atom. The van der Waals surface area contributed by atoms with E-state index in [1.807, 2.05) is 6.07 Å². The molecule has 0 radical (unpaired) electrons. The van der Waals surface area contributed by atoms with Gasteiger partial charge in [0, 0.05) is 6.54 Å². The van der Waals surface area contributed by atoms with Crippen LogP contribution in [-0.4, -0.2) is 39.3 Å². The molecule has 0 aliphatic heterocycles. The number of aliphatic hydroxyl groups is 1. The SMILES string of the molecule is COC(=O)C(O)CNS(=O)(=O)Cc1ccc(C#N)cc1. The number of benzene rings is 1. The molecule has 0 heterocycles. The number of hydrogen-bond acceptors (Lipinski definition) is 6. The minimum atomic E-state index is -3.69. The number of nitriles is 1. The summed E-state index contributed by atoms with van der Waals surface area (Å²) in [6.07, 6.45) is -1.55. The molecule has 20 heavy (non-hydrogen) atoms. The van der Waals surface area contributed by atoms with Gasteiger partial charge in [0.2, 0.25) is 10.0 Å². The van der Waals surface area contributed by atoms with E-state index in [0.717, 1.165) is 7.11 Å². The van der Waals surface area contributed by atoms with Crippen LogP contribution in [0.5, 0.6) is 0 Å². The average Bonchev–Trinajstić information content (AvgIpc) is 2.44. The molecule has 0 saturated heterocycles. The summed E-state index contributed by atoms with van der Waals surface area (Å²) in [7, 11) is -2.60. The molecule has 0 spiro atoms. The predicted molar refractivity (Wildman–Crippen MR) is 69.8 cm³/mol. The summed E-state index contributed by atoms with van der Waals surface area (Å²) < 4.78 is 29.8. The second-order valence-electron chi connectivity index (χ2n) is 3.96. The van der Waals surface area contributed by atoms with Crippen LogP contribution in [0.15, 0.2) is 24.3 Å². The summed E-state index contributed by atoms with van der Waals surface area (Å²) in [6, 6.07) is 7.99. The lowest BCUT2D eigenvalue weighted by Crippen LogP contribution is -2.37. The van der Waals surface area contributed by atoms with E-state index in [9.17, 15) is 18.3 Å². The van der Waals surface area contributed by atoms with Crippen molar-refractivity contribution in [2.75, 3.05) is 13.7 Å². The number of sulfonamides is 1. The summed E-state index contributed by atoms with van der Waals surface area (Å²) >= 11 is 0. The minimum absolute atomic E-state index is 0.313. The number of carbonyl (C=O) groups excluding carboxylic acids is 1. The van der Waals surface area contributed by atoms with Gasteiger partial charge in [0.05, 0.1) is 24.5 Å². The van der Waals surface area contributed by atoms with E-state index in [1.165, 1.54) is 24.3 Å². The van der Waals surface area contributed by atoms with E-state index in [2.05, 4.69) is 9.46 Å². The first-order valence-corrected chi connectivity index (χ1v) is 7.25. The fourth-order valence-electron chi connectivity index (χ4n) is 1.37. The molecule has 1 aromatic rings. The first-order chi connectivity index (χ1) is 9.38. The third kappa shape index (κ3) is 4.97. The smallest absolute Gasteiger partial charge is 0.336 e. The van der Waals surface area contributed by atoms with E-state index < -0.39 is 28.6 Å². The first kappa shape index (κ1) is 16.1. The number of ether oxygens (including phenoxy) is 1. The van der Waals surface area contributed by atoms with Crippen LogP contribution in [0.2, 0.25) is 0 Å². The average molecular weight is 298 g/mol. The highest BCUT2D eigenvalue weighted by Crippen LogP contribution is 2.07. The van der Waals surface area contributed by atoms with Crippen LogP contribution < -0.4 is 4.72 Å². The van der Waals surface area contributed by atoms with Gasteiger partial charge in [0.25, 0.3) is 0 Å². The van der Waals surface area contributed by atoms with Crippen LogP contribution in [0.1, 0.15) is 11.1 Å². The summed E-state index contributed by atoms with van der Waals surface area (Å²) in [6.45, 7) is -0.453.